The minimum atomic E-state index is -0.150. The van der Waals surface area contributed by atoms with E-state index in [4.69, 9.17) is 0 Å². The van der Waals surface area contributed by atoms with Gasteiger partial charge in [-0.05, 0) is 25.4 Å². The molecule has 8 heteroatoms. The van der Waals surface area contributed by atoms with Gasteiger partial charge >= 0.3 is 0 Å². The summed E-state index contributed by atoms with van der Waals surface area (Å²) in [5, 5.41) is 2.89. The lowest BCUT2D eigenvalue weighted by molar-refractivity contribution is -0.139. The fourth-order valence-corrected chi connectivity index (χ4v) is 3.39. The molecule has 1 aliphatic rings. The van der Waals surface area contributed by atoms with Gasteiger partial charge in [-0.25, -0.2) is 0 Å². The Labute approximate surface area is 158 Å². The van der Waals surface area contributed by atoms with Crippen LogP contribution in [0.5, 0.6) is 0 Å². The van der Waals surface area contributed by atoms with E-state index in [-0.39, 0.29) is 30.8 Å². The van der Waals surface area contributed by atoms with E-state index in [2.05, 4.69) is 5.32 Å². The van der Waals surface area contributed by atoms with E-state index in [0.717, 1.165) is 10.6 Å². The van der Waals surface area contributed by atoms with Crippen LogP contribution in [0.4, 0.5) is 5.69 Å². The van der Waals surface area contributed by atoms with E-state index < -0.39 is 0 Å². The van der Waals surface area contributed by atoms with Gasteiger partial charge in [-0.1, -0.05) is 12.1 Å². The van der Waals surface area contributed by atoms with Gasteiger partial charge in [0.1, 0.15) is 0 Å². The number of piperazine rings is 1. The van der Waals surface area contributed by atoms with Crippen molar-refractivity contribution >= 4 is 35.2 Å². The summed E-state index contributed by atoms with van der Waals surface area (Å²) >= 11 is 1.57. The van der Waals surface area contributed by atoms with Gasteiger partial charge in [-0.3, -0.25) is 19.3 Å². The maximum atomic E-state index is 12.4. The quantitative estimate of drug-likeness (QED) is 0.747. The number of rotatable bonds is 6. The van der Waals surface area contributed by atoms with Crippen molar-refractivity contribution in [3.63, 3.8) is 0 Å². The average Bonchev–Trinajstić information content (AvgIpc) is 2.61. The second kappa shape index (κ2) is 9.59. The fraction of sp³-hybridized carbons (Fsp3) is 0.500. The molecule has 0 saturated carbocycles. The summed E-state index contributed by atoms with van der Waals surface area (Å²) < 4.78 is 0. The molecule has 0 aromatic heterocycles. The highest BCUT2D eigenvalue weighted by molar-refractivity contribution is 7.98. The summed E-state index contributed by atoms with van der Waals surface area (Å²) in [6.45, 7) is 4.07. The lowest BCUT2D eigenvalue weighted by atomic mass is 10.3. The van der Waals surface area contributed by atoms with E-state index >= 15 is 0 Å². The maximum Gasteiger partial charge on any atom is 0.238 e. The predicted octanol–water partition coefficient (Wildman–Crippen LogP) is 0.970. The predicted molar refractivity (Wildman–Crippen MR) is 103 cm³/mol. The Balaban J connectivity index is 1.79. The van der Waals surface area contributed by atoms with E-state index in [9.17, 15) is 14.4 Å². The van der Waals surface area contributed by atoms with Crippen LogP contribution < -0.4 is 5.32 Å². The molecule has 2 rings (SSSR count). The second-order valence-corrected chi connectivity index (χ2v) is 7.16. The van der Waals surface area contributed by atoms with Crippen LogP contribution in [0.15, 0.2) is 29.2 Å². The summed E-state index contributed by atoms with van der Waals surface area (Å²) in [7, 11) is 1.75. The molecule has 1 aliphatic heterocycles. The van der Waals surface area contributed by atoms with Crippen LogP contribution in [0.3, 0.4) is 0 Å². The van der Waals surface area contributed by atoms with Gasteiger partial charge < -0.3 is 15.1 Å². The van der Waals surface area contributed by atoms with Gasteiger partial charge in [0, 0.05) is 38.0 Å². The van der Waals surface area contributed by atoms with E-state index in [0.29, 0.717) is 26.2 Å². The Morgan fingerprint density at radius 3 is 2.31 bits per heavy atom. The number of thioether (sulfide) groups is 1. The van der Waals surface area contributed by atoms with Gasteiger partial charge in [-0.15, -0.1) is 11.8 Å². The first-order valence-corrected chi connectivity index (χ1v) is 9.78. The van der Waals surface area contributed by atoms with Gasteiger partial charge in [0.25, 0.3) is 0 Å². The molecule has 1 saturated heterocycles. The number of likely N-dealkylation sites (N-methyl/N-ethyl adjacent to an activating group) is 1. The molecule has 0 spiro atoms. The van der Waals surface area contributed by atoms with Crippen LogP contribution in [-0.2, 0) is 14.4 Å². The van der Waals surface area contributed by atoms with Crippen LogP contribution in [0.1, 0.15) is 6.92 Å². The molecule has 0 unspecified atom stereocenters. The number of carbonyl (C=O) groups is 3. The van der Waals surface area contributed by atoms with Crippen molar-refractivity contribution in [2.24, 2.45) is 0 Å². The highest BCUT2D eigenvalue weighted by atomic mass is 32.2. The van der Waals surface area contributed by atoms with Crippen molar-refractivity contribution in [3.8, 4) is 0 Å². The largest absolute Gasteiger partial charge is 0.339 e. The summed E-state index contributed by atoms with van der Waals surface area (Å²) in [5.41, 5.74) is 0.782. The number of benzene rings is 1. The lowest BCUT2D eigenvalue weighted by Crippen LogP contribution is -2.52. The normalized spacial score (nSPS) is 14.5. The van der Waals surface area contributed by atoms with Crippen molar-refractivity contribution < 1.29 is 14.4 Å². The molecule has 0 aliphatic carbocycles. The topological polar surface area (TPSA) is 73.0 Å². The van der Waals surface area contributed by atoms with Crippen LogP contribution in [0.2, 0.25) is 0 Å². The number of amides is 3. The van der Waals surface area contributed by atoms with Gasteiger partial charge in [-0.2, -0.15) is 0 Å². The van der Waals surface area contributed by atoms with Crippen LogP contribution in [-0.4, -0.2) is 85.0 Å². The summed E-state index contributed by atoms with van der Waals surface area (Å²) in [6.07, 6.45) is 1.96. The first kappa shape index (κ1) is 20.3. The first-order chi connectivity index (χ1) is 12.4. The third-order valence-electron chi connectivity index (χ3n) is 4.28. The molecule has 3 amide bonds. The Morgan fingerprint density at radius 1 is 1.08 bits per heavy atom. The maximum absolute atomic E-state index is 12.4. The molecule has 0 atom stereocenters. The smallest absolute Gasteiger partial charge is 0.238 e. The van der Waals surface area contributed by atoms with Crippen LogP contribution in [0, 0.1) is 0 Å². The van der Waals surface area contributed by atoms with Gasteiger partial charge in [0.05, 0.1) is 18.8 Å². The Bertz CT molecular complexity index is 660. The molecule has 0 bridgehead atoms. The molecule has 0 radical (unpaired) electrons. The molecule has 1 N–H and O–H groups in total. The van der Waals surface area contributed by atoms with Crippen molar-refractivity contribution in [2.75, 3.05) is 57.9 Å². The molecule has 1 aromatic rings. The van der Waals surface area contributed by atoms with Gasteiger partial charge in [0.15, 0.2) is 0 Å². The highest BCUT2D eigenvalue weighted by Crippen LogP contribution is 2.24. The highest BCUT2D eigenvalue weighted by Gasteiger charge is 2.23. The van der Waals surface area contributed by atoms with E-state index in [1.165, 1.54) is 0 Å². The fourth-order valence-electron chi connectivity index (χ4n) is 2.84. The van der Waals surface area contributed by atoms with Crippen molar-refractivity contribution in [2.45, 2.75) is 11.8 Å². The number of para-hydroxylation sites is 1. The van der Waals surface area contributed by atoms with Crippen LogP contribution in [0.25, 0.3) is 0 Å². The Morgan fingerprint density at radius 2 is 1.69 bits per heavy atom. The third kappa shape index (κ3) is 5.74. The first-order valence-electron chi connectivity index (χ1n) is 8.55. The molecular weight excluding hydrogens is 352 g/mol. The monoisotopic (exact) mass is 378 g/mol. The molecule has 142 valence electrons. The Kier molecular flexibility index (Phi) is 7.47. The second-order valence-electron chi connectivity index (χ2n) is 6.31. The summed E-state index contributed by atoms with van der Waals surface area (Å²) in [5.74, 6) is -0.132. The lowest BCUT2D eigenvalue weighted by Gasteiger charge is -2.35. The number of anilines is 1. The summed E-state index contributed by atoms with van der Waals surface area (Å²) in [4.78, 5) is 42.1. The SMILES string of the molecule is CSc1ccccc1NC(=O)CN(C)CC(=O)N1CCN(C(C)=O)CC1. The van der Waals surface area contributed by atoms with Gasteiger partial charge in [0.2, 0.25) is 17.7 Å². The van der Waals surface area contributed by atoms with Crippen molar-refractivity contribution in [3.05, 3.63) is 24.3 Å². The molecular formula is C18H26N4O3S. The van der Waals surface area contributed by atoms with Crippen molar-refractivity contribution in [1.29, 1.82) is 0 Å². The minimum absolute atomic E-state index is 0.0204. The number of hydrogen-bond acceptors (Lipinski definition) is 5. The number of carbonyl (C=O) groups excluding carboxylic acids is 3. The molecule has 26 heavy (non-hydrogen) atoms. The minimum Gasteiger partial charge on any atom is -0.339 e. The average molecular weight is 378 g/mol. The molecule has 1 fully saturated rings. The zero-order valence-corrected chi connectivity index (χ0v) is 16.3. The zero-order valence-electron chi connectivity index (χ0n) is 15.5. The Hall–Kier alpha value is -2.06. The molecule has 1 heterocycles. The molecule has 1 aromatic carbocycles. The van der Waals surface area contributed by atoms with E-state index in [1.54, 1.807) is 40.4 Å². The third-order valence-corrected chi connectivity index (χ3v) is 5.07. The standard InChI is InChI=1S/C18H26N4O3S/c1-14(23)21-8-10-22(11-9-21)18(25)13-20(2)12-17(24)19-15-6-4-5-7-16(15)26-3/h4-7H,8-13H2,1-3H3,(H,19,24). The zero-order chi connectivity index (χ0) is 19.1. The van der Waals surface area contributed by atoms with Crippen LogP contribution >= 0.6 is 11.8 Å². The number of nitrogens with zero attached hydrogens (tertiary/aromatic N) is 3. The number of hydrogen-bond donors (Lipinski definition) is 1. The number of nitrogens with one attached hydrogen (secondary N) is 1. The molecule has 7 nitrogen and oxygen atoms in total. The summed E-state index contributed by atoms with van der Waals surface area (Å²) in [6, 6.07) is 7.62. The van der Waals surface area contributed by atoms with Crippen molar-refractivity contribution in [1.82, 2.24) is 14.7 Å². The van der Waals surface area contributed by atoms with E-state index in [1.807, 2.05) is 30.5 Å².